The van der Waals surface area contributed by atoms with Crippen LogP contribution in [0.25, 0.3) is 11.1 Å². The summed E-state index contributed by atoms with van der Waals surface area (Å²) >= 11 is 0. The standard InChI is InChI=1S/C16H16O2/c1-2-9-18-16-14-10-11-5-3-4-6-12(11)13(14)7-8-15(16)17/h3-8,17H,2,9-10H2,1H3. The van der Waals surface area contributed by atoms with Gasteiger partial charge >= 0.3 is 0 Å². The zero-order valence-electron chi connectivity index (χ0n) is 10.4. The van der Waals surface area contributed by atoms with Crippen molar-refractivity contribution in [1.29, 1.82) is 0 Å². The van der Waals surface area contributed by atoms with E-state index in [2.05, 4.69) is 25.1 Å². The molecule has 2 aromatic carbocycles. The molecule has 0 unspecified atom stereocenters. The lowest BCUT2D eigenvalue weighted by Crippen LogP contribution is -1.98. The Morgan fingerprint density at radius 1 is 1.11 bits per heavy atom. The molecule has 0 aromatic heterocycles. The summed E-state index contributed by atoms with van der Waals surface area (Å²) in [6.07, 6.45) is 1.79. The molecule has 92 valence electrons. The summed E-state index contributed by atoms with van der Waals surface area (Å²) in [4.78, 5) is 0. The minimum absolute atomic E-state index is 0.245. The lowest BCUT2D eigenvalue weighted by Gasteiger charge is -2.11. The highest BCUT2D eigenvalue weighted by Gasteiger charge is 2.23. The van der Waals surface area contributed by atoms with E-state index in [0.717, 1.165) is 18.4 Å². The van der Waals surface area contributed by atoms with Crippen molar-refractivity contribution in [2.75, 3.05) is 6.61 Å². The number of benzene rings is 2. The van der Waals surface area contributed by atoms with Crippen LogP contribution < -0.4 is 4.74 Å². The van der Waals surface area contributed by atoms with E-state index >= 15 is 0 Å². The van der Waals surface area contributed by atoms with Gasteiger partial charge in [-0.25, -0.2) is 0 Å². The predicted molar refractivity (Wildman–Crippen MR) is 72.1 cm³/mol. The van der Waals surface area contributed by atoms with Gasteiger partial charge in [-0.2, -0.15) is 0 Å². The summed E-state index contributed by atoms with van der Waals surface area (Å²) in [5, 5.41) is 9.96. The summed E-state index contributed by atoms with van der Waals surface area (Å²) in [7, 11) is 0. The third-order valence-electron chi connectivity index (χ3n) is 3.37. The van der Waals surface area contributed by atoms with Crippen molar-refractivity contribution in [1.82, 2.24) is 0 Å². The summed E-state index contributed by atoms with van der Waals surface area (Å²) in [5.41, 5.74) is 4.87. The summed E-state index contributed by atoms with van der Waals surface area (Å²) in [6, 6.07) is 12.1. The normalized spacial score (nSPS) is 12.1. The van der Waals surface area contributed by atoms with Crippen molar-refractivity contribution >= 4 is 0 Å². The molecule has 3 rings (SSSR count). The summed E-state index contributed by atoms with van der Waals surface area (Å²) in [6.45, 7) is 2.70. The van der Waals surface area contributed by atoms with Crippen molar-refractivity contribution in [2.24, 2.45) is 0 Å². The van der Waals surface area contributed by atoms with Crippen molar-refractivity contribution in [3.8, 4) is 22.6 Å². The molecule has 2 aromatic rings. The van der Waals surface area contributed by atoms with Crippen LogP contribution in [0.4, 0.5) is 0 Å². The highest BCUT2D eigenvalue weighted by molar-refractivity contribution is 5.80. The fourth-order valence-corrected chi connectivity index (χ4v) is 2.54. The number of rotatable bonds is 3. The van der Waals surface area contributed by atoms with Crippen LogP contribution >= 0.6 is 0 Å². The highest BCUT2D eigenvalue weighted by Crippen LogP contribution is 2.44. The van der Waals surface area contributed by atoms with Gasteiger partial charge < -0.3 is 9.84 Å². The molecule has 0 fully saturated rings. The van der Waals surface area contributed by atoms with Crippen LogP contribution in [0.5, 0.6) is 11.5 Å². The number of phenolic OH excluding ortho intramolecular Hbond substituents is 1. The quantitative estimate of drug-likeness (QED) is 0.755. The first kappa shape index (κ1) is 11.1. The third kappa shape index (κ3) is 1.65. The number of hydrogen-bond acceptors (Lipinski definition) is 2. The monoisotopic (exact) mass is 240 g/mol. The first-order valence-corrected chi connectivity index (χ1v) is 6.37. The van der Waals surface area contributed by atoms with Crippen LogP contribution in [0.1, 0.15) is 24.5 Å². The zero-order valence-corrected chi connectivity index (χ0v) is 10.4. The van der Waals surface area contributed by atoms with Gasteiger partial charge in [0.2, 0.25) is 0 Å². The Bertz CT molecular complexity index is 588. The molecule has 1 aliphatic rings. The Kier molecular flexibility index (Phi) is 2.71. The molecular formula is C16H16O2. The van der Waals surface area contributed by atoms with E-state index in [1.807, 2.05) is 12.1 Å². The van der Waals surface area contributed by atoms with Crippen LogP contribution in [0.3, 0.4) is 0 Å². The van der Waals surface area contributed by atoms with Gasteiger partial charge in [-0.1, -0.05) is 37.3 Å². The topological polar surface area (TPSA) is 29.5 Å². The first-order valence-electron chi connectivity index (χ1n) is 6.37. The minimum atomic E-state index is 0.245. The number of hydrogen-bond donors (Lipinski definition) is 1. The lowest BCUT2D eigenvalue weighted by atomic mass is 10.1. The van der Waals surface area contributed by atoms with Crippen molar-refractivity contribution in [2.45, 2.75) is 19.8 Å². The maximum atomic E-state index is 9.96. The number of aromatic hydroxyl groups is 1. The van der Waals surface area contributed by atoms with Crippen molar-refractivity contribution < 1.29 is 9.84 Å². The Labute approximate surface area is 107 Å². The second kappa shape index (κ2) is 4.37. The largest absolute Gasteiger partial charge is 0.504 e. The molecule has 0 saturated carbocycles. The molecule has 1 aliphatic carbocycles. The number of phenols is 1. The van der Waals surface area contributed by atoms with E-state index in [4.69, 9.17) is 4.74 Å². The van der Waals surface area contributed by atoms with Crippen LogP contribution in [-0.2, 0) is 6.42 Å². The molecule has 1 N–H and O–H groups in total. The van der Waals surface area contributed by atoms with E-state index in [0.29, 0.717) is 12.4 Å². The van der Waals surface area contributed by atoms with Crippen LogP contribution in [0, 0.1) is 0 Å². The van der Waals surface area contributed by atoms with Crippen LogP contribution in [0.15, 0.2) is 36.4 Å². The van der Waals surface area contributed by atoms with E-state index in [9.17, 15) is 5.11 Å². The zero-order chi connectivity index (χ0) is 12.5. The number of fused-ring (bicyclic) bond motifs is 3. The van der Waals surface area contributed by atoms with E-state index in [-0.39, 0.29) is 5.75 Å². The van der Waals surface area contributed by atoms with Crippen molar-refractivity contribution in [3.05, 3.63) is 47.5 Å². The molecule has 0 atom stereocenters. The molecule has 2 nitrogen and oxygen atoms in total. The maximum Gasteiger partial charge on any atom is 0.165 e. The SMILES string of the molecule is CCCOc1c(O)ccc2c1Cc1ccccc1-2. The average molecular weight is 240 g/mol. The molecule has 0 spiro atoms. The second-order valence-corrected chi connectivity index (χ2v) is 4.62. The van der Waals surface area contributed by atoms with Gasteiger partial charge in [0.25, 0.3) is 0 Å². The van der Waals surface area contributed by atoms with E-state index in [1.54, 1.807) is 6.07 Å². The Morgan fingerprint density at radius 2 is 1.94 bits per heavy atom. The second-order valence-electron chi connectivity index (χ2n) is 4.62. The highest BCUT2D eigenvalue weighted by atomic mass is 16.5. The molecule has 0 bridgehead atoms. The van der Waals surface area contributed by atoms with E-state index < -0.39 is 0 Å². The Hall–Kier alpha value is -1.96. The fraction of sp³-hybridized carbons (Fsp3) is 0.250. The molecule has 0 heterocycles. The van der Waals surface area contributed by atoms with Gasteiger partial charge in [0.05, 0.1) is 6.61 Å². The molecule has 18 heavy (non-hydrogen) atoms. The average Bonchev–Trinajstić information content (AvgIpc) is 2.76. The van der Waals surface area contributed by atoms with Gasteiger partial charge in [-0.15, -0.1) is 0 Å². The first-order chi connectivity index (χ1) is 8.81. The van der Waals surface area contributed by atoms with Gasteiger partial charge in [-0.3, -0.25) is 0 Å². The third-order valence-corrected chi connectivity index (χ3v) is 3.37. The molecular weight excluding hydrogens is 224 g/mol. The van der Waals surface area contributed by atoms with Gasteiger partial charge in [0.1, 0.15) is 0 Å². The van der Waals surface area contributed by atoms with Gasteiger partial charge in [0, 0.05) is 12.0 Å². The lowest BCUT2D eigenvalue weighted by molar-refractivity contribution is 0.297. The van der Waals surface area contributed by atoms with Crippen LogP contribution in [0.2, 0.25) is 0 Å². The minimum Gasteiger partial charge on any atom is -0.504 e. The molecule has 0 aliphatic heterocycles. The van der Waals surface area contributed by atoms with Gasteiger partial charge in [0.15, 0.2) is 11.5 Å². The number of ether oxygens (including phenoxy) is 1. The van der Waals surface area contributed by atoms with E-state index in [1.165, 1.54) is 16.7 Å². The predicted octanol–water partition coefficient (Wildman–Crippen LogP) is 3.75. The summed E-state index contributed by atoms with van der Waals surface area (Å²) < 4.78 is 5.71. The fourth-order valence-electron chi connectivity index (χ4n) is 2.54. The molecule has 2 heteroatoms. The maximum absolute atomic E-state index is 9.96. The molecule has 0 amide bonds. The Balaban J connectivity index is 2.10. The molecule has 0 saturated heterocycles. The summed E-state index contributed by atoms with van der Waals surface area (Å²) in [5.74, 6) is 0.903. The van der Waals surface area contributed by atoms with Gasteiger partial charge in [-0.05, 0) is 29.2 Å². The molecule has 0 radical (unpaired) electrons. The Morgan fingerprint density at radius 3 is 2.78 bits per heavy atom. The smallest absolute Gasteiger partial charge is 0.165 e. The van der Waals surface area contributed by atoms with Crippen molar-refractivity contribution in [3.63, 3.8) is 0 Å². The van der Waals surface area contributed by atoms with Crippen LogP contribution in [-0.4, -0.2) is 11.7 Å².